The summed E-state index contributed by atoms with van der Waals surface area (Å²) in [5, 5.41) is 0.270. The molecule has 1 aliphatic rings. The lowest BCUT2D eigenvalue weighted by molar-refractivity contribution is 0.234. The Labute approximate surface area is 109 Å². The number of anilines is 1. The van der Waals surface area contributed by atoms with Crippen molar-refractivity contribution >= 4 is 44.9 Å². The standard InChI is InChI=1S/C9H8Cl2N2O3S/c1-12-7-4-5(10)3-6(11)8(7)17(15,16)13(2)9(12)14/h3-4H,1-2H3. The molecule has 0 spiro atoms. The van der Waals surface area contributed by atoms with Gasteiger partial charge in [-0.15, -0.1) is 0 Å². The first-order valence-corrected chi connectivity index (χ1v) is 6.72. The Morgan fingerprint density at radius 2 is 1.76 bits per heavy atom. The van der Waals surface area contributed by atoms with Crippen molar-refractivity contribution < 1.29 is 13.2 Å². The van der Waals surface area contributed by atoms with Gasteiger partial charge in [-0.2, -0.15) is 0 Å². The van der Waals surface area contributed by atoms with Crippen molar-refractivity contribution in [3.8, 4) is 0 Å². The van der Waals surface area contributed by atoms with Gasteiger partial charge in [0, 0.05) is 19.1 Å². The van der Waals surface area contributed by atoms with E-state index in [1.807, 2.05) is 0 Å². The molecule has 0 saturated carbocycles. The van der Waals surface area contributed by atoms with E-state index in [0.717, 1.165) is 0 Å². The summed E-state index contributed by atoms with van der Waals surface area (Å²) >= 11 is 11.7. The fourth-order valence-corrected chi connectivity index (χ4v) is 3.75. The van der Waals surface area contributed by atoms with Gasteiger partial charge >= 0.3 is 6.03 Å². The molecular weight excluding hydrogens is 287 g/mol. The van der Waals surface area contributed by atoms with Crippen LogP contribution in [0, 0.1) is 0 Å². The second-order valence-corrected chi connectivity index (χ2v) is 6.30. The SMILES string of the molecule is CN1C(=O)N(C)S(=O)(=O)c2c(Cl)cc(Cl)cc21. The molecule has 0 bridgehead atoms. The molecule has 92 valence electrons. The molecule has 2 rings (SSSR count). The number of hydrogen-bond donors (Lipinski definition) is 0. The monoisotopic (exact) mass is 294 g/mol. The molecular formula is C9H8Cl2N2O3S. The van der Waals surface area contributed by atoms with E-state index in [4.69, 9.17) is 23.2 Å². The van der Waals surface area contributed by atoms with Gasteiger partial charge < -0.3 is 0 Å². The number of benzene rings is 1. The lowest BCUT2D eigenvalue weighted by Gasteiger charge is -2.32. The van der Waals surface area contributed by atoms with Crippen LogP contribution in [0.15, 0.2) is 17.0 Å². The summed E-state index contributed by atoms with van der Waals surface area (Å²) in [6, 6.07) is 2.07. The van der Waals surface area contributed by atoms with Crippen LogP contribution in [-0.4, -0.2) is 32.8 Å². The number of nitrogens with zero attached hydrogens (tertiary/aromatic N) is 2. The highest BCUT2D eigenvalue weighted by Gasteiger charge is 2.39. The Bertz CT molecular complexity index is 615. The molecule has 0 aliphatic carbocycles. The zero-order chi connectivity index (χ0) is 13.0. The van der Waals surface area contributed by atoms with E-state index in [2.05, 4.69) is 0 Å². The Morgan fingerprint density at radius 1 is 1.18 bits per heavy atom. The second kappa shape index (κ2) is 3.76. The number of halogens is 2. The third-order valence-corrected chi connectivity index (χ3v) is 4.98. The molecule has 0 saturated heterocycles. The predicted molar refractivity (Wildman–Crippen MR) is 65.2 cm³/mol. The van der Waals surface area contributed by atoms with Crippen molar-refractivity contribution in [2.75, 3.05) is 19.0 Å². The minimum atomic E-state index is -3.90. The zero-order valence-electron chi connectivity index (χ0n) is 8.94. The fourth-order valence-electron chi connectivity index (χ4n) is 1.61. The number of carbonyl (C=O) groups excluding carboxylic acids is 1. The van der Waals surface area contributed by atoms with Crippen LogP contribution in [0.3, 0.4) is 0 Å². The van der Waals surface area contributed by atoms with Crippen LogP contribution in [0.4, 0.5) is 10.5 Å². The Hall–Kier alpha value is -0.980. The summed E-state index contributed by atoms with van der Waals surface area (Å²) in [7, 11) is -1.26. The third-order valence-electron chi connectivity index (χ3n) is 2.52. The molecule has 0 aromatic heterocycles. The van der Waals surface area contributed by atoms with E-state index in [-0.39, 0.29) is 20.6 Å². The maximum atomic E-state index is 12.0. The molecule has 5 nitrogen and oxygen atoms in total. The highest BCUT2D eigenvalue weighted by Crippen LogP contribution is 2.39. The van der Waals surface area contributed by atoms with Crippen LogP contribution >= 0.6 is 23.2 Å². The average Bonchev–Trinajstić information content (AvgIpc) is 2.22. The van der Waals surface area contributed by atoms with E-state index in [9.17, 15) is 13.2 Å². The van der Waals surface area contributed by atoms with E-state index >= 15 is 0 Å². The molecule has 0 radical (unpaired) electrons. The van der Waals surface area contributed by atoms with E-state index < -0.39 is 16.1 Å². The van der Waals surface area contributed by atoms with Crippen LogP contribution in [0.2, 0.25) is 10.0 Å². The number of fused-ring (bicyclic) bond motifs is 1. The molecule has 0 fully saturated rings. The Kier molecular flexibility index (Phi) is 2.76. The lowest BCUT2D eigenvalue weighted by Crippen LogP contribution is -2.47. The maximum Gasteiger partial charge on any atom is 0.337 e. The van der Waals surface area contributed by atoms with Gasteiger partial charge in [-0.1, -0.05) is 23.2 Å². The molecule has 0 unspecified atom stereocenters. The molecule has 17 heavy (non-hydrogen) atoms. The van der Waals surface area contributed by atoms with Gasteiger partial charge in [-0.05, 0) is 12.1 Å². The average molecular weight is 295 g/mol. The summed E-state index contributed by atoms with van der Waals surface area (Å²) in [4.78, 5) is 12.8. The molecule has 1 aromatic rings. The van der Waals surface area contributed by atoms with Crippen LogP contribution in [-0.2, 0) is 10.0 Å². The third kappa shape index (κ3) is 1.67. The largest absolute Gasteiger partial charge is 0.337 e. The molecule has 1 aliphatic heterocycles. The lowest BCUT2D eigenvalue weighted by atomic mass is 10.3. The van der Waals surface area contributed by atoms with E-state index in [0.29, 0.717) is 4.31 Å². The fraction of sp³-hybridized carbons (Fsp3) is 0.222. The zero-order valence-corrected chi connectivity index (χ0v) is 11.3. The minimum absolute atomic E-state index is 0.00120. The second-order valence-electron chi connectivity index (χ2n) is 3.55. The molecule has 0 N–H and O–H groups in total. The molecule has 1 aromatic carbocycles. The van der Waals surface area contributed by atoms with Crippen molar-refractivity contribution in [3.63, 3.8) is 0 Å². The van der Waals surface area contributed by atoms with Crippen molar-refractivity contribution in [2.24, 2.45) is 0 Å². The number of sulfonamides is 1. The highest BCUT2D eigenvalue weighted by molar-refractivity contribution is 7.90. The summed E-state index contributed by atoms with van der Waals surface area (Å²) in [6.07, 6.45) is 0. The number of hydrogen-bond acceptors (Lipinski definition) is 3. The van der Waals surface area contributed by atoms with Crippen molar-refractivity contribution in [1.82, 2.24) is 4.31 Å². The Balaban J connectivity index is 2.87. The predicted octanol–water partition coefficient (Wildman–Crippen LogP) is 2.18. The first kappa shape index (κ1) is 12.5. The summed E-state index contributed by atoms with van der Waals surface area (Å²) < 4.78 is 24.7. The summed E-state index contributed by atoms with van der Waals surface area (Å²) in [6.45, 7) is 0. The number of urea groups is 1. The molecule has 2 amide bonds. The van der Waals surface area contributed by atoms with Gasteiger partial charge in [0.1, 0.15) is 4.90 Å². The Morgan fingerprint density at radius 3 is 2.35 bits per heavy atom. The molecule has 1 heterocycles. The van der Waals surface area contributed by atoms with Gasteiger partial charge in [0.2, 0.25) is 0 Å². The van der Waals surface area contributed by atoms with Gasteiger partial charge in [0.15, 0.2) is 0 Å². The maximum absolute atomic E-state index is 12.0. The molecule has 8 heteroatoms. The summed E-state index contributed by atoms with van der Waals surface area (Å²) in [5.74, 6) is 0. The summed E-state index contributed by atoms with van der Waals surface area (Å²) in [5.41, 5.74) is 0.186. The van der Waals surface area contributed by atoms with Crippen LogP contribution in [0.5, 0.6) is 0 Å². The van der Waals surface area contributed by atoms with Crippen molar-refractivity contribution in [2.45, 2.75) is 4.90 Å². The van der Waals surface area contributed by atoms with Crippen LogP contribution in [0.25, 0.3) is 0 Å². The number of carbonyl (C=O) groups is 1. The number of rotatable bonds is 0. The van der Waals surface area contributed by atoms with Crippen molar-refractivity contribution in [3.05, 3.63) is 22.2 Å². The van der Waals surface area contributed by atoms with E-state index in [1.165, 1.54) is 31.1 Å². The minimum Gasteiger partial charge on any atom is -0.295 e. The van der Waals surface area contributed by atoms with Gasteiger partial charge in [0.25, 0.3) is 10.0 Å². The normalized spacial score (nSPS) is 18.2. The highest BCUT2D eigenvalue weighted by atomic mass is 35.5. The van der Waals surface area contributed by atoms with E-state index in [1.54, 1.807) is 0 Å². The van der Waals surface area contributed by atoms with Gasteiger partial charge in [0.05, 0.1) is 10.7 Å². The topological polar surface area (TPSA) is 57.7 Å². The molecule has 0 atom stereocenters. The number of amides is 2. The quantitative estimate of drug-likeness (QED) is 0.737. The first-order valence-electron chi connectivity index (χ1n) is 4.52. The van der Waals surface area contributed by atoms with Crippen molar-refractivity contribution in [1.29, 1.82) is 0 Å². The van der Waals surface area contributed by atoms with Crippen LogP contribution in [0.1, 0.15) is 0 Å². The van der Waals surface area contributed by atoms with Gasteiger partial charge in [-0.3, -0.25) is 4.90 Å². The smallest absolute Gasteiger partial charge is 0.295 e. The first-order chi connectivity index (χ1) is 7.76. The van der Waals surface area contributed by atoms with Crippen LogP contribution < -0.4 is 4.90 Å². The van der Waals surface area contributed by atoms with Gasteiger partial charge in [-0.25, -0.2) is 17.5 Å².